The van der Waals surface area contributed by atoms with Gasteiger partial charge in [-0.15, -0.1) is 0 Å². The third-order valence-electron chi connectivity index (χ3n) is 9.12. The minimum Gasteiger partial charge on any atom is -0.387 e. The van der Waals surface area contributed by atoms with E-state index >= 15 is 0 Å². The standard InChI is InChI=1S/C21H32O6S/c1-13(27-28(24,25)26)21(23)11-8-18-16-5-4-14-12-15(22)6-9-19(14,2)17(16)7-10-20(18,21)3/h12-13,16-18,23H,4-11H2,1-3H3,(H,24,25,26)/t13-,16+,17-,18-,19+,20+,21+/m1/s1. The molecule has 0 bridgehead atoms. The number of hydrogen-bond acceptors (Lipinski definition) is 5. The minimum atomic E-state index is -4.62. The quantitative estimate of drug-likeness (QED) is 0.689. The highest BCUT2D eigenvalue weighted by atomic mass is 32.3. The third-order valence-corrected chi connectivity index (χ3v) is 9.65. The van der Waals surface area contributed by atoms with Crippen LogP contribution >= 0.6 is 0 Å². The van der Waals surface area contributed by atoms with E-state index in [1.54, 1.807) is 6.92 Å². The summed E-state index contributed by atoms with van der Waals surface area (Å²) in [6.07, 6.45) is 7.45. The van der Waals surface area contributed by atoms with Gasteiger partial charge in [0, 0.05) is 11.8 Å². The third kappa shape index (κ3) is 2.84. The number of hydrogen-bond donors (Lipinski definition) is 2. The Morgan fingerprint density at radius 3 is 2.46 bits per heavy atom. The molecule has 0 radical (unpaired) electrons. The minimum absolute atomic E-state index is 0.0649. The number of allylic oxidation sites excluding steroid dienone is 1. The van der Waals surface area contributed by atoms with E-state index in [1.165, 1.54) is 5.57 Å². The van der Waals surface area contributed by atoms with Gasteiger partial charge in [0.2, 0.25) is 0 Å². The zero-order chi connectivity index (χ0) is 20.5. The number of fused-ring (bicyclic) bond motifs is 5. The molecule has 0 aromatic carbocycles. The van der Waals surface area contributed by atoms with Crippen LogP contribution in [0.15, 0.2) is 11.6 Å². The Morgan fingerprint density at radius 2 is 1.79 bits per heavy atom. The van der Waals surface area contributed by atoms with Gasteiger partial charge >= 0.3 is 10.4 Å². The highest BCUT2D eigenvalue weighted by Crippen LogP contribution is 2.68. The molecule has 4 aliphatic rings. The predicted molar refractivity (Wildman–Crippen MR) is 104 cm³/mol. The molecule has 0 spiro atoms. The van der Waals surface area contributed by atoms with Gasteiger partial charge in [0.25, 0.3) is 0 Å². The monoisotopic (exact) mass is 412 g/mol. The molecule has 4 aliphatic carbocycles. The van der Waals surface area contributed by atoms with E-state index in [0.717, 1.165) is 38.5 Å². The molecule has 0 aromatic rings. The highest BCUT2D eigenvalue weighted by Gasteiger charge is 2.65. The van der Waals surface area contributed by atoms with Gasteiger partial charge in [-0.25, -0.2) is 4.18 Å². The normalized spacial score (nSPS) is 47.0. The SMILES string of the molecule is C[C@@H](OS(=O)(=O)O)[C@@]1(O)CC[C@@H]2[C@H]3CCC4=CC(=O)CC[C@]4(C)[C@@H]3CC[C@@]21C. The van der Waals surface area contributed by atoms with E-state index in [9.17, 15) is 18.3 Å². The van der Waals surface area contributed by atoms with E-state index in [4.69, 9.17) is 8.74 Å². The van der Waals surface area contributed by atoms with Crippen LogP contribution in [0.2, 0.25) is 0 Å². The first kappa shape index (κ1) is 20.5. The van der Waals surface area contributed by atoms with Crippen LogP contribution in [0.5, 0.6) is 0 Å². The number of carbonyl (C=O) groups excluding carboxylic acids is 1. The Bertz CT molecular complexity index is 819. The first-order chi connectivity index (χ1) is 12.9. The molecular formula is C21H32O6S. The average Bonchev–Trinajstić information content (AvgIpc) is 2.87. The average molecular weight is 413 g/mol. The molecule has 7 atom stereocenters. The van der Waals surface area contributed by atoms with E-state index in [1.807, 2.05) is 6.08 Å². The maximum absolute atomic E-state index is 11.9. The van der Waals surface area contributed by atoms with Crippen molar-refractivity contribution in [2.75, 3.05) is 0 Å². The maximum atomic E-state index is 11.9. The van der Waals surface area contributed by atoms with Gasteiger partial charge in [-0.2, -0.15) is 8.42 Å². The smallest absolute Gasteiger partial charge is 0.387 e. The predicted octanol–water partition coefficient (Wildman–Crippen LogP) is 3.46. The van der Waals surface area contributed by atoms with Gasteiger partial charge in [0.05, 0.1) is 5.60 Å². The van der Waals surface area contributed by atoms with Crippen molar-refractivity contribution >= 4 is 16.2 Å². The highest BCUT2D eigenvalue weighted by molar-refractivity contribution is 7.80. The van der Waals surface area contributed by atoms with Crippen LogP contribution in [0.3, 0.4) is 0 Å². The number of aliphatic hydroxyl groups is 1. The van der Waals surface area contributed by atoms with Gasteiger partial charge in [-0.1, -0.05) is 19.4 Å². The summed E-state index contributed by atoms with van der Waals surface area (Å²) in [7, 11) is -4.62. The van der Waals surface area contributed by atoms with Crippen LogP contribution < -0.4 is 0 Å². The molecule has 28 heavy (non-hydrogen) atoms. The Labute approximate surface area is 167 Å². The molecule has 3 saturated carbocycles. The lowest BCUT2D eigenvalue weighted by molar-refractivity contribution is -0.166. The molecular weight excluding hydrogens is 380 g/mol. The van der Waals surface area contributed by atoms with E-state index in [-0.39, 0.29) is 11.2 Å². The van der Waals surface area contributed by atoms with Crippen LogP contribution in [-0.2, 0) is 19.4 Å². The first-order valence-electron chi connectivity index (χ1n) is 10.5. The van der Waals surface area contributed by atoms with Crippen LogP contribution in [0, 0.1) is 28.6 Å². The summed E-state index contributed by atoms with van der Waals surface area (Å²) in [5.41, 5.74) is -0.349. The van der Waals surface area contributed by atoms with Gasteiger partial charge < -0.3 is 5.11 Å². The maximum Gasteiger partial charge on any atom is 0.397 e. The number of ketones is 1. The summed E-state index contributed by atoms with van der Waals surface area (Å²) < 4.78 is 36.4. The van der Waals surface area contributed by atoms with Crippen molar-refractivity contribution in [2.24, 2.45) is 28.6 Å². The van der Waals surface area contributed by atoms with Crippen molar-refractivity contribution in [2.45, 2.75) is 83.8 Å². The lowest BCUT2D eigenvalue weighted by Crippen LogP contribution is -2.58. The molecule has 4 rings (SSSR count). The van der Waals surface area contributed by atoms with Crippen LogP contribution in [0.1, 0.15) is 72.1 Å². The summed E-state index contributed by atoms with van der Waals surface area (Å²) >= 11 is 0. The van der Waals surface area contributed by atoms with Crippen molar-refractivity contribution in [3.8, 4) is 0 Å². The van der Waals surface area contributed by atoms with Crippen LogP contribution in [-0.4, -0.2) is 35.6 Å². The molecule has 2 N–H and O–H groups in total. The molecule has 0 amide bonds. The first-order valence-corrected chi connectivity index (χ1v) is 11.9. The fourth-order valence-electron chi connectivity index (χ4n) is 7.54. The molecule has 0 saturated heterocycles. The molecule has 0 aliphatic heterocycles. The van der Waals surface area contributed by atoms with Gasteiger partial charge in [0.1, 0.15) is 6.10 Å². The lowest BCUT2D eigenvalue weighted by atomic mass is 9.46. The molecule has 3 fully saturated rings. The second kappa shape index (κ2) is 6.37. The topological polar surface area (TPSA) is 101 Å². The van der Waals surface area contributed by atoms with Gasteiger partial charge in [-0.3, -0.25) is 9.35 Å². The summed E-state index contributed by atoms with van der Waals surface area (Å²) in [5, 5.41) is 11.5. The lowest BCUT2D eigenvalue weighted by Gasteiger charge is -2.59. The fourth-order valence-corrected chi connectivity index (χ4v) is 8.06. The van der Waals surface area contributed by atoms with Gasteiger partial charge in [0.15, 0.2) is 5.78 Å². The molecule has 7 heteroatoms. The molecule has 0 heterocycles. The molecule has 0 aromatic heterocycles. The number of carbonyl (C=O) groups is 1. The number of rotatable bonds is 3. The summed E-state index contributed by atoms with van der Waals surface area (Å²) in [4.78, 5) is 11.9. The van der Waals surface area contributed by atoms with Crippen molar-refractivity contribution < 1.29 is 27.1 Å². The molecule has 158 valence electrons. The second-order valence-corrected chi connectivity index (χ2v) is 11.1. The Morgan fingerprint density at radius 1 is 1.11 bits per heavy atom. The van der Waals surface area contributed by atoms with E-state index < -0.39 is 27.5 Å². The van der Waals surface area contributed by atoms with Crippen molar-refractivity contribution in [3.63, 3.8) is 0 Å². The van der Waals surface area contributed by atoms with Crippen molar-refractivity contribution in [3.05, 3.63) is 11.6 Å². The fraction of sp³-hybridized carbons (Fsp3) is 0.857. The molecule has 6 nitrogen and oxygen atoms in total. The van der Waals surface area contributed by atoms with Crippen molar-refractivity contribution in [1.29, 1.82) is 0 Å². The Kier molecular flexibility index (Phi) is 4.66. The van der Waals surface area contributed by atoms with Crippen molar-refractivity contribution in [1.82, 2.24) is 0 Å². The molecule has 0 unspecified atom stereocenters. The summed E-state index contributed by atoms with van der Waals surface area (Å²) in [6, 6.07) is 0. The second-order valence-electron chi connectivity index (χ2n) is 10.1. The van der Waals surface area contributed by atoms with E-state index in [2.05, 4.69) is 13.8 Å². The van der Waals surface area contributed by atoms with Crippen LogP contribution in [0.25, 0.3) is 0 Å². The zero-order valence-corrected chi connectivity index (χ0v) is 17.8. The van der Waals surface area contributed by atoms with Crippen LogP contribution in [0.4, 0.5) is 0 Å². The largest absolute Gasteiger partial charge is 0.397 e. The Balaban J connectivity index is 1.64. The zero-order valence-electron chi connectivity index (χ0n) is 17.0. The summed E-state index contributed by atoms with van der Waals surface area (Å²) in [5.74, 6) is 1.50. The Hall–Kier alpha value is -0.760. The van der Waals surface area contributed by atoms with E-state index in [0.29, 0.717) is 30.6 Å². The summed E-state index contributed by atoms with van der Waals surface area (Å²) in [6.45, 7) is 5.93. The van der Waals surface area contributed by atoms with Gasteiger partial charge in [-0.05, 0) is 81.1 Å².